The number of carboxylic acids is 3. The number of anilines is 1. The van der Waals surface area contributed by atoms with E-state index in [1.807, 2.05) is 48.5 Å². The number of aromatic nitrogens is 1. The first-order valence-electron chi connectivity index (χ1n) is 13.9. The van der Waals surface area contributed by atoms with Crippen LogP contribution in [-0.4, -0.2) is 68.8 Å². The van der Waals surface area contributed by atoms with Gasteiger partial charge in [0.15, 0.2) is 0 Å². The monoisotopic (exact) mass is 646 g/mol. The van der Waals surface area contributed by atoms with E-state index >= 15 is 0 Å². The highest BCUT2D eigenvalue weighted by molar-refractivity contribution is 5.88. The summed E-state index contributed by atoms with van der Waals surface area (Å²) in [5.74, 6) is -5.36. The van der Waals surface area contributed by atoms with Crippen molar-refractivity contribution < 1.29 is 52.5 Å². The van der Waals surface area contributed by atoms with E-state index in [1.54, 1.807) is 30.5 Å². The van der Waals surface area contributed by atoms with Crippen molar-refractivity contribution in [2.75, 3.05) is 11.9 Å². The Hall–Kier alpha value is -5.47. The lowest BCUT2D eigenvalue weighted by Gasteiger charge is -2.23. The van der Waals surface area contributed by atoms with Gasteiger partial charge in [-0.25, -0.2) is 9.78 Å². The zero-order valence-corrected chi connectivity index (χ0v) is 24.4. The number of carbonyl (C=O) groups is 5. The summed E-state index contributed by atoms with van der Waals surface area (Å²) in [5, 5.41) is 34.1. The van der Waals surface area contributed by atoms with Crippen LogP contribution in [0.25, 0.3) is 11.1 Å². The number of nitrogens with zero attached hydrogens (tertiary/aromatic N) is 1. The molecule has 15 heteroatoms. The Labute approximate surface area is 261 Å². The smallest absolute Gasteiger partial charge is 0.481 e. The minimum atomic E-state index is -5.08. The van der Waals surface area contributed by atoms with Gasteiger partial charge in [0.05, 0.1) is 12.5 Å². The van der Waals surface area contributed by atoms with Gasteiger partial charge in [0.1, 0.15) is 11.9 Å². The van der Waals surface area contributed by atoms with E-state index in [9.17, 15) is 37.5 Å². The second-order valence-corrected chi connectivity index (χ2v) is 9.75. The van der Waals surface area contributed by atoms with E-state index in [2.05, 4.69) is 20.9 Å². The third kappa shape index (κ3) is 13.9. The fourth-order valence-electron chi connectivity index (χ4n) is 3.97. The summed E-state index contributed by atoms with van der Waals surface area (Å²) in [5.41, 5.74) is 2.51. The minimum Gasteiger partial charge on any atom is -0.481 e. The van der Waals surface area contributed by atoms with Crippen LogP contribution in [0.3, 0.4) is 0 Å². The second-order valence-electron chi connectivity index (χ2n) is 9.75. The van der Waals surface area contributed by atoms with Crippen LogP contribution >= 0.6 is 0 Å². The van der Waals surface area contributed by atoms with E-state index < -0.39 is 48.0 Å². The average molecular weight is 647 g/mol. The molecule has 0 bridgehead atoms. The predicted octanol–water partition coefficient (Wildman–Crippen LogP) is 4.26. The Bertz CT molecular complexity index is 1440. The molecule has 3 rings (SSSR count). The maximum Gasteiger partial charge on any atom is 0.490 e. The number of alkyl halides is 3. The first-order chi connectivity index (χ1) is 21.8. The number of hydrogen-bond acceptors (Lipinski definition) is 7. The normalized spacial score (nSPS) is 12.0. The summed E-state index contributed by atoms with van der Waals surface area (Å²) in [6.07, 6.45) is -3.72. The van der Waals surface area contributed by atoms with Gasteiger partial charge in [0, 0.05) is 25.6 Å². The SMILES string of the molecule is O=C(O)C(F)(F)F.O=C(O)CC[C@H](NC(=O)CCCNc1ccccn1)C(=O)NC(CC(=O)O)c1ccc(-c2ccccc2)cc1. The van der Waals surface area contributed by atoms with E-state index in [-0.39, 0.29) is 25.7 Å². The van der Waals surface area contributed by atoms with Crippen molar-refractivity contribution in [2.24, 2.45) is 0 Å². The van der Waals surface area contributed by atoms with Gasteiger partial charge in [-0.15, -0.1) is 0 Å². The number of halogens is 3. The molecule has 2 atom stereocenters. The molecule has 0 fully saturated rings. The molecule has 0 aliphatic carbocycles. The Morgan fingerprint density at radius 2 is 1.37 bits per heavy atom. The second kappa shape index (κ2) is 18.4. The molecule has 1 unspecified atom stereocenters. The molecular weight excluding hydrogens is 613 g/mol. The van der Waals surface area contributed by atoms with Gasteiger partial charge in [-0.05, 0) is 41.7 Å². The van der Waals surface area contributed by atoms with Gasteiger partial charge in [0.2, 0.25) is 11.8 Å². The Balaban J connectivity index is 0.000000942. The average Bonchev–Trinajstić information content (AvgIpc) is 3.01. The number of nitrogens with one attached hydrogen (secondary N) is 3. The van der Waals surface area contributed by atoms with Gasteiger partial charge >= 0.3 is 24.1 Å². The summed E-state index contributed by atoms with van der Waals surface area (Å²) in [6, 6.07) is 20.3. The minimum absolute atomic E-state index is 0.107. The molecule has 0 radical (unpaired) electrons. The number of rotatable bonds is 15. The molecule has 0 aliphatic rings. The highest BCUT2D eigenvalue weighted by Gasteiger charge is 2.38. The highest BCUT2D eigenvalue weighted by Crippen LogP contribution is 2.24. The lowest BCUT2D eigenvalue weighted by molar-refractivity contribution is -0.192. The van der Waals surface area contributed by atoms with Crippen LogP contribution in [0, 0.1) is 0 Å². The zero-order valence-electron chi connectivity index (χ0n) is 24.4. The van der Waals surface area contributed by atoms with Crippen molar-refractivity contribution in [3.05, 3.63) is 84.6 Å². The van der Waals surface area contributed by atoms with E-state index in [0.29, 0.717) is 24.3 Å². The third-order valence-electron chi connectivity index (χ3n) is 6.21. The van der Waals surface area contributed by atoms with E-state index in [4.69, 9.17) is 15.0 Å². The highest BCUT2D eigenvalue weighted by atomic mass is 19.4. The number of pyridine rings is 1. The van der Waals surface area contributed by atoms with Crippen LogP contribution in [0.1, 0.15) is 43.7 Å². The fraction of sp³-hybridized carbons (Fsp3) is 0.290. The van der Waals surface area contributed by atoms with Gasteiger partial charge < -0.3 is 31.3 Å². The quantitative estimate of drug-likeness (QED) is 0.130. The maximum absolute atomic E-state index is 13.1. The molecule has 0 aliphatic heterocycles. The lowest BCUT2D eigenvalue weighted by atomic mass is 9.98. The number of amides is 2. The molecule has 6 N–H and O–H groups in total. The van der Waals surface area contributed by atoms with Gasteiger partial charge in [-0.2, -0.15) is 13.2 Å². The fourth-order valence-corrected chi connectivity index (χ4v) is 3.97. The third-order valence-corrected chi connectivity index (χ3v) is 6.21. The number of carbonyl (C=O) groups excluding carboxylic acids is 2. The summed E-state index contributed by atoms with van der Waals surface area (Å²) in [6.45, 7) is 0.482. The molecule has 46 heavy (non-hydrogen) atoms. The van der Waals surface area contributed by atoms with Crippen LogP contribution < -0.4 is 16.0 Å². The summed E-state index contributed by atoms with van der Waals surface area (Å²) < 4.78 is 31.7. The van der Waals surface area contributed by atoms with Crippen molar-refractivity contribution in [1.29, 1.82) is 0 Å². The molecule has 0 saturated heterocycles. The molecule has 0 spiro atoms. The van der Waals surface area contributed by atoms with Crippen LogP contribution in [0.4, 0.5) is 19.0 Å². The van der Waals surface area contributed by atoms with E-state index in [0.717, 1.165) is 11.1 Å². The standard InChI is InChI=1S/C29H32N4O6.C2HF3O2/c34-26(10-6-18-31-25-9-4-5-17-30-25)32-23(15-16-27(35)36)29(39)33-24(19-28(37)38)22-13-11-21(12-14-22)20-7-2-1-3-8-20;3-2(4,5)1(6)7/h1-5,7-9,11-14,17,23-24H,6,10,15-16,18-19H2,(H,30,31)(H,32,34)(H,33,39)(H,35,36)(H,37,38);(H,6,7)/t23-,24?;/m0./s1. The number of benzene rings is 2. The summed E-state index contributed by atoms with van der Waals surface area (Å²) in [4.78, 5) is 61.4. The van der Waals surface area contributed by atoms with Crippen LogP contribution in [0.15, 0.2) is 79.0 Å². The Morgan fingerprint density at radius 1 is 0.761 bits per heavy atom. The molecule has 246 valence electrons. The van der Waals surface area contributed by atoms with Crippen molar-refractivity contribution in [3.63, 3.8) is 0 Å². The number of aliphatic carboxylic acids is 3. The van der Waals surface area contributed by atoms with Crippen molar-refractivity contribution >= 4 is 35.5 Å². The molecule has 12 nitrogen and oxygen atoms in total. The zero-order chi connectivity index (χ0) is 34.1. The van der Waals surface area contributed by atoms with Gasteiger partial charge in [-0.3, -0.25) is 19.2 Å². The lowest BCUT2D eigenvalue weighted by Crippen LogP contribution is -2.48. The number of carboxylic acid groups (broad SMARTS) is 3. The van der Waals surface area contributed by atoms with Crippen molar-refractivity contribution in [3.8, 4) is 11.1 Å². The van der Waals surface area contributed by atoms with Crippen LogP contribution in [0.5, 0.6) is 0 Å². The molecule has 2 amide bonds. The maximum atomic E-state index is 13.1. The topological polar surface area (TPSA) is 195 Å². The molecule has 0 saturated carbocycles. The molecule has 1 aromatic heterocycles. The molecular formula is C31H33F3N4O8. The molecule has 2 aromatic carbocycles. The van der Waals surface area contributed by atoms with Crippen molar-refractivity contribution in [2.45, 2.75) is 50.4 Å². The molecule has 1 heterocycles. The van der Waals surface area contributed by atoms with Crippen molar-refractivity contribution in [1.82, 2.24) is 15.6 Å². The molecule has 3 aromatic rings. The summed E-state index contributed by atoms with van der Waals surface area (Å²) in [7, 11) is 0. The first kappa shape index (κ1) is 36.7. The van der Waals surface area contributed by atoms with Crippen LogP contribution in [-0.2, 0) is 24.0 Å². The van der Waals surface area contributed by atoms with E-state index in [1.165, 1.54) is 0 Å². The number of hydrogen-bond donors (Lipinski definition) is 6. The largest absolute Gasteiger partial charge is 0.490 e. The van der Waals surface area contributed by atoms with Crippen LogP contribution in [0.2, 0.25) is 0 Å². The first-order valence-corrected chi connectivity index (χ1v) is 13.9. The van der Waals surface area contributed by atoms with Gasteiger partial charge in [-0.1, -0.05) is 60.7 Å². The van der Waals surface area contributed by atoms with Gasteiger partial charge in [0.25, 0.3) is 0 Å². The Kier molecular flexibility index (Phi) is 14.7. The Morgan fingerprint density at radius 3 is 1.91 bits per heavy atom. The predicted molar refractivity (Wildman–Crippen MR) is 159 cm³/mol. The summed E-state index contributed by atoms with van der Waals surface area (Å²) >= 11 is 0.